The number of carbonyl (C=O) groups is 1. The van der Waals surface area contributed by atoms with Crippen molar-refractivity contribution in [3.05, 3.63) is 113 Å². The maximum atomic E-state index is 15.4. The van der Waals surface area contributed by atoms with E-state index in [4.69, 9.17) is 0 Å². The fraction of sp³-hybridized carbons (Fsp3) is 0.324. The van der Waals surface area contributed by atoms with Gasteiger partial charge in [-0.1, -0.05) is 74.9 Å². The van der Waals surface area contributed by atoms with E-state index in [1.54, 1.807) is 19.1 Å². The fourth-order valence-electron chi connectivity index (χ4n) is 4.15. The molecule has 0 atom stereocenters. The summed E-state index contributed by atoms with van der Waals surface area (Å²) in [5.74, 6) is -0.345. The number of amides is 1. The van der Waals surface area contributed by atoms with E-state index in [9.17, 15) is 4.79 Å². The molecule has 0 heterocycles. The van der Waals surface area contributed by atoms with Crippen LogP contribution in [0.3, 0.4) is 0 Å². The first-order valence-electron chi connectivity index (χ1n) is 13.5. The summed E-state index contributed by atoms with van der Waals surface area (Å²) in [7, 11) is 3.92. The summed E-state index contributed by atoms with van der Waals surface area (Å²) in [5, 5.41) is 2.96. The Hall–Kier alpha value is -3.50. The molecule has 3 nitrogen and oxygen atoms in total. The van der Waals surface area contributed by atoms with Crippen molar-refractivity contribution < 1.29 is 9.18 Å². The second kappa shape index (κ2) is 15.7. The molecule has 202 valence electrons. The summed E-state index contributed by atoms with van der Waals surface area (Å²) in [6.07, 6.45) is 14.6. The smallest absolute Gasteiger partial charge is 0.248 e. The molecule has 4 heteroatoms. The number of anilines is 1. The molecule has 2 aromatic rings. The van der Waals surface area contributed by atoms with Gasteiger partial charge >= 0.3 is 0 Å². The molecule has 0 unspecified atom stereocenters. The van der Waals surface area contributed by atoms with Gasteiger partial charge in [0.05, 0.1) is 0 Å². The quantitative estimate of drug-likeness (QED) is 0.227. The first kappa shape index (κ1) is 30.7. The summed E-state index contributed by atoms with van der Waals surface area (Å²) in [6, 6.07) is 13.4. The van der Waals surface area contributed by atoms with E-state index in [0.29, 0.717) is 17.7 Å². The first-order valence-corrected chi connectivity index (χ1v) is 13.5. The highest BCUT2D eigenvalue weighted by Gasteiger charge is 2.16. The molecule has 0 aromatic heterocycles. The second-order valence-electron chi connectivity index (χ2n) is 9.68. The van der Waals surface area contributed by atoms with Crippen molar-refractivity contribution in [3.63, 3.8) is 0 Å². The van der Waals surface area contributed by atoms with Crippen LogP contribution in [0.4, 0.5) is 10.1 Å². The zero-order valence-electron chi connectivity index (χ0n) is 24.1. The third-order valence-electron chi connectivity index (χ3n) is 6.16. The third kappa shape index (κ3) is 9.11. The van der Waals surface area contributed by atoms with E-state index in [2.05, 4.69) is 50.4 Å². The average Bonchev–Trinajstić information content (AvgIpc) is 2.88. The third-order valence-corrected chi connectivity index (χ3v) is 6.16. The summed E-state index contributed by atoms with van der Waals surface area (Å²) in [4.78, 5) is 14.4. The Morgan fingerprint density at radius 1 is 1.08 bits per heavy atom. The first-order chi connectivity index (χ1) is 18.2. The Bertz CT molecular complexity index is 1240. The van der Waals surface area contributed by atoms with Gasteiger partial charge in [0.2, 0.25) is 5.91 Å². The highest BCUT2D eigenvalue weighted by atomic mass is 19.1. The van der Waals surface area contributed by atoms with Crippen LogP contribution >= 0.6 is 0 Å². The minimum atomic E-state index is -0.181. The number of benzene rings is 2. The molecule has 1 N–H and O–H groups in total. The van der Waals surface area contributed by atoms with E-state index >= 15 is 4.39 Å². The fourth-order valence-corrected chi connectivity index (χ4v) is 4.15. The number of hydrogen-bond donors (Lipinski definition) is 1. The number of rotatable bonds is 12. The second-order valence-corrected chi connectivity index (χ2v) is 9.68. The Morgan fingerprint density at radius 3 is 2.47 bits per heavy atom. The summed E-state index contributed by atoms with van der Waals surface area (Å²) in [6.45, 7) is 10.8. The van der Waals surface area contributed by atoms with Gasteiger partial charge in [-0.2, -0.15) is 0 Å². The van der Waals surface area contributed by atoms with E-state index in [-0.39, 0.29) is 11.7 Å². The molecule has 0 aliphatic carbocycles. The number of nitrogens with one attached hydrogen (secondary N) is 1. The molecule has 0 fully saturated rings. The van der Waals surface area contributed by atoms with Gasteiger partial charge in [0.15, 0.2) is 0 Å². The van der Waals surface area contributed by atoms with Crippen LogP contribution in [0.15, 0.2) is 90.1 Å². The predicted octanol–water partition coefficient (Wildman–Crippen LogP) is 8.76. The molecular formula is C34H43FN2O. The topological polar surface area (TPSA) is 32.3 Å². The van der Waals surface area contributed by atoms with Crippen molar-refractivity contribution in [1.29, 1.82) is 0 Å². The van der Waals surface area contributed by atoms with Gasteiger partial charge in [-0.05, 0) is 99.3 Å². The van der Waals surface area contributed by atoms with Gasteiger partial charge in [0, 0.05) is 23.9 Å². The van der Waals surface area contributed by atoms with Crippen LogP contribution in [0.1, 0.15) is 63.6 Å². The SMILES string of the molecule is C\C=C(/C=C(C(\C)=C\CC)/C(=C\CCC)c1cccc(C)c1F)c1cccc(NC(=O)/C=C/CN(C)C)c1. The monoisotopic (exact) mass is 514 g/mol. The van der Waals surface area contributed by atoms with Crippen LogP contribution in [0.25, 0.3) is 11.1 Å². The number of likely N-dealkylation sites (N-methyl/N-ethyl adjacent to an activating group) is 1. The Labute approximate surface area is 229 Å². The van der Waals surface area contributed by atoms with Crippen molar-refractivity contribution >= 4 is 22.7 Å². The number of allylic oxidation sites excluding steroid dienone is 8. The predicted molar refractivity (Wildman–Crippen MR) is 163 cm³/mol. The molecule has 0 aliphatic heterocycles. The lowest BCUT2D eigenvalue weighted by Gasteiger charge is -2.17. The van der Waals surface area contributed by atoms with Crippen molar-refractivity contribution in [2.24, 2.45) is 0 Å². The van der Waals surface area contributed by atoms with E-state index < -0.39 is 0 Å². The van der Waals surface area contributed by atoms with Crippen LogP contribution in [0.2, 0.25) is 0 Å². The minimum absolute atomic E-state index is 0.163. The average molecular weight is 515 g/mol. The van der Waals surface area contributed by atoms with E-state index in [0.717, 1.165) is 52.8 Å². The van der Waals surface area contributed by atoms with Gasteiger partial charge in [0.25, 0.3) is 0 Å². The number of carbonyl (C=O) groups excluding carboxylic acids is 1. The molecule has 38 heavy (non-hydrogen) atoms. The van der Waals surface area contributed by atoms with Gasteiger partial charge < -0.3 is 10.2 Å². The Kier molecular flexibility index (Phi) is 12.7. The van der Waals surface area contributed by atoms with Gasteiger partial charge in [0.1, 0.15) is 5.82 Å². The lowest BCUT2D eigenvalue weighted by Crippen LogP contribution is -2.12. The van der Waals surface area contributed by atoms with E-state index in [1.807, 2.05) is 68.4 Å². The number of halogens is 1. The molecular weight excluding hydrogens is 471 g/mol. The number of aryl methyl sites for hydroxylation is 1. The van der Waals surface area contributed by atoms with Crippen molar-refractivity contribution in [3.8, 4) is 0 Å². The zero-order chi connectivity index (χ0) is 28.1. The van der Waals surface area contributed by atoms with Crippen LogP contribution in [-0.4, -0.2) is 31.4 Å². The molecule has 1 amide bonds. The Balaban J connectivity index is 2.56. The Morgan fingerprint density at radius 2 is 1.82 bits per heavy atom. The van der Waals surface area contributed by atoms with Gasteiger partial charge in [-0.25, -0.2) is 4.39 Å². The molecule has 0 radical (unpaired) electrons. The molecule has 2 aromatic carbocycles. The lowest BCUT2D eigenvalue weighted by molar-refractivity contribution is -0.111. The van der Waals surface area contributed by atoms with Crippen LogP contribution in [-0.2, 0) is 4.79 Å². The largest absolute Gasteiger partial charge is 0.323 e. The van der Waals surface area contributed by atoms with Crippen LogP contribution in [0.5, 0.6) is 0 Å². The van der Waals surface area contributed by atoms with Crippen LogP contribution in [0, 0.1) is 12.7 Å². The van der Waals surface area contributed by atoms with Crippen molar-refractivity contribution in [2.45, 2.75) is 53.9 Å². The van der Waals surface area contributed by atoms with Crippen molar-refractivity contribution in [2.75, 3.05) is 26.0 Å². The number of unbranched alkanes of at least 4 members (excludes halogenated alkanes) is 1. The normalized spacial score (nSPS) is 13.5. The van der Waals surface area contributed by atoms with Crippen LogP contribution < -0.4 is 5.32 Å². The zero-order valence-corrected chi connectivity index (χ0v) is 24.1. The molecule has 0 aliphatic rings. The summed E-state index contributed by atoms with van der Waals surface area (Å²) >= 11 is 0. The highest BCUT2D eigenvalue weighted by molar-refractivity contribution is 5.99. The molecule has 0 saturated carbocycles. The molecule has 2 rings (SSSR count). The van der Waals surface area contributed by atoms with Gasteiger partial charge in [-0.15, -0.1) is 0 Å². The van der Waals surface area contributed by atoms with Crippen molar-refractivity contribution in [1.82, 2.24) is 4.90 Å². The molecule has 0 spiro atoms. The molecule has 0 bridgehead atoms. The van der Waals surface area contributed by atoms with Gasteiger partial charge in [-0.3, -0.25) is 4.79 Å². The summed E-state index contributed by atoms with van der Waals surface area (Å²) < 4.78 is 15.4. The highest BCUT2D eigenvalue weighted by Crippen LogP contribution is 2.35. The standard InChI is InChI=1S/C34H43FN2O/c1-8-11-19-30(31-20-12-16-26(5)34(31)35)32(25(4)15-9-2)24-27(10-3)28-17-13-18-29(23-28)36-33(38)21-14-22-37(6)7/h10,12-21,23-24H,8-9,11,22H2,1-7H3,(H,36,38)/b21-14+,25-15+,27-10+,30-19-,32-24+. The van der Waals surface area contributed by atoms with E-state index in [1.165, 1.54) is 0 Å². The molecule has 0 saturated heterocycles. The maximum absolute atomic E-state index is 15.4. The summed E-state index contributed by atoms with van der Waals surface area (Å²) in [5.41, 5.74) is 6.96. The minimum Gasteiger partial charge on any atom is -0.323 e. The number of nitrogens with zero attached hydrogens (tertiary/aromatic N) is 1. The lowest BCUT2D eigenvalue weighted by atomic mass is 9.87. The number of hydrogen-bond acceptors (Lipinski definition) is 2. The maximum Gasteiger partial charge on any atom is 0.248 e.